The van der Waals surface area contributed by atoms with E-state index in [1.54, 1.807) is 23.6 Å². The SMILES string of the molecule is CC[C@@]1(O)C(=O)CCc2c1cc1n(c2=O)Cc2cc3cc(O)c(F)cc3nc2-1. The molecule has 2 aliphatic rings. The zero-order valence-corrected chi connectivity index (χ0v) is 15.1. The van der Waals surface area contributed by atoms with E-state index in [0.717, 1.165) is 11.6 Å². The van der Waals surface area contributed by atoms with E-state index in [-0.39, 0.29) is 24.2 Å². The van der Waals surface area contributed by atoms with Gasteiger partial charge in [-0.15, -0.1) is 0 Å². The monoisotopic (exact) mass is 380 g/mol. The van der Waals surface area contributed by atoms with Gasteiger partial charge in [0.05, 0.1) is 23.4 Å². The first kappa shape index (κ1) is 17.1. The summed E-state index contributed by atoms with van der Waals surface area (Å²) in [7, 11) is 0. The number of Topliss-reactive ketones (excluding diaryl/α,β-unsaturated/α-hetero) is 1. The number of hydrogen-bond acceptors (Lipinski definition) is 5. The van der Waals surface area contributed by atoms with E-state index < -0.39 is 17.2 Å². The minimum atomic E-state index is -1.67. The molecule has 1 aliphatic carbocycles. The quantitative estimate of drug-likeness (QED) is 0.529. The van der Waals surface area contributed by atoms with Gasteiger partial charge in [0.2, 0.25) is 0 Å². The van der Waals surface area contributed by atoms with Crippen molar-refractivity contribution in [3.8, 4) is 17.1 Å². The van der Waals surface area contributed by atoms with Crippen LogP contribution in [0.1, 0.15) is 36.5 Å². The largest absolute Gasteiger partial charge is 0.505 e. The number of benzene rings is 1. The highest BCUT2D eigenvalue weighted by atomic mass is 19.1. The van der Waals surface area contributed by atoms with E-state index in [9.17, 15) is 24.2 Å². The molecular weight excluding hydrogens is 363 g/mol. The van der Waals surface area contributed by atoms with Gasteiger partial charge in [0, 0.05) is 34.6 Å². The van der Waals surface area contributed by atoms with Crippen LogP contribution in [0, 0.1) is 5.82 Å². The van der Waals surface area contributed by atoms with Gasteiger partial charge in [0.1, 0.15) is 5.60 Å². The molecule has 7 heteroatoms. The number of carbonyl (C=O) groups excluding carboxylic acids is 1. The Kier molecular flexibility index (Phi) is 3.34. The molecule has 0 radical (unpaired) electrons. The summed E-state index contributed by atoms with van der Waals surface area (Å²) in [6.45, 7) is 2.02. The van der Waals surface area contributed by atoms with Crippen molar-refractivity contribution >= 4 is 16.7 Å². The fourth-order valence-corrected chi connectivity index (χ4v) is 4.38. The highest BCUT2D eigenvalue weighted by Gasteiger charge is 2.43. The zero-order chi connectivity index (χ0) is 19.8. The molecule has 6 nitrogen and oxygen atoms in total. The minimum absolute atomic E-state index is 0.138. The van der Waals surface area contributed by atoms with Crippen molar-refractivity contribution in [2.45, 2.75) is 38.3 Å². The van der Waals surface area contributed by atoms with Crippen molar-refractivity contribution in [1.82, 2.24) is 9.55 Å². The number of ketones is 1. The van der Waals surface area contributed by atoms with Crippen molar-refractivity contribution < 1.29 is 19.4 Å². The molecule has 0 unspecified atom stereocenters. The van der Waals surface area contributed by atoms with Gasteiger partial charge in [0.25, 0.3) is 5.56 Å². The summed E-state index contributed by atoms with van der Waals surface area (Å²) in [5.74, 6) is -1.51. The lowest BCUT2D eigenvalue weighted by molar-refractivity contribution is -0.140. The summed E-state index contributed by atoms with van der Waals surface area (Å²) in [6.07, 6.45) is 0.629. The van der Waals surface area contributed by atoms with Gasteiger partial charge in [-0.3, -0.25) is 9.59 Å². The van der Waals surface area contributed by atoms with Crippen molar-refractivity contribution in [3.63, 3.8) is 0 Å². The van der Waals surface area contributed by atoms with E-state index in [1.807, 2.05) is 0 Å². The second-order valence-electron chi connectivity index (χ2n) is 7.44. The molecule has 0 saturated carbocycles. The number of pyridine rings is 2. The summed E-state index contributed by atoms with van der Waals surface area (Å²) >= 11 is 0. The number of phenols is 1. The Morgan fingerprint density at radius 1 is 1.21 bits per heavy atom. The van der Waals surface area contributed by atoms with Crippen LogP contribution in [0.15, 0.2) is 29.1 Å². The molecule has 2 aromatic heterocycles. The van der Waals surface area contributed by atoms with Crippen molar-refractivity contribution in [1.29, 1.82) is 0 Å². The topological polar surface area (TPSA) is 92.4 Å². The van der Waals surface area contributed by atoms with Crippen LogP contribution in [-0.2, 0) is 23.4 Å². The maximum Gasteiger partial charge on any atom is 0.254 e. The molecule has 0 fully saturated rings. The van der Waals surface area contributed by atoms with Gasteiger partial charge in [-0.1, -0.05) is 6.92 Å². The van der Waals surface area contributed by atoms with Gasteiger partial charge in [-0.25, -0.2) is 9.37 Å². The molecule has 0 bridgehead atoms. The number of phenolic OH excluding ortho intramolecular Hbond substituents is 1. The molecule has 28 heavy (non-hydrogen) atoms. The number of halogens is 1. The van der Waals surface area contributed by atoms with E-state index in [0.29, 0.717) is 46.4 Å². The van der Waals surface area contributed by atoms with Gasteiger partial charge < -0.3 is 14.8 Å². The predicted molar refractivity (Wildman–Crippen MR) is 99.7 cm³/mol. The first-order valence-electron chi connectivity index (χ1n) is 9.19. The summed E-state index contributed by atoms with van der Waals surface area (Å²) in [5.41, 5.74) is 1.08. The fraction of sp³-hybridized carbons (Fsp3) is 0.286. The zero-order valence-electron chi connectivity index (χ0n) is 15.1. The molecule has 3 aromatic rings. The smallest absolute Gasteiger partial charge is 0.254 e. The fourth-order valence-electron chi connectivity index (χ4n) is 4.38. The van der Waals surface area contributed by atoms with Crippen molar-refractivity contribution in [2.75, 3.05) is 0 Å². The average Bonchev–Trinajstić information content (AvgIpc) is 3.02. The van der Waals surface area contributed by atoms with Crippen LogP contribution in [-0.4, -0.2) is 25.5 Å². The third-order valence-electron chi connectivity index (χ3n) is 5.95. The molecule has 1 aromatic carbocycles. The van der Waals surface area contributed by atoms with Gasteiger partial charge in [0.15, 0.2) is 17.3 Å². The third-order valence-corrected chi connectivity index (χ3v) is 5.95. The number of rotatable bonds is 1. The van der Waals surface area contributed by atoms with Gasteiger partial charge in [-0.2, -0.15) is 0 Å². The van der Waals surface area contributed by atoms with E-state index in [2.05, 4.69) is 4.98 Å². The molecule has 1 aliphatic heterocycles. The molecule has 1 atom stereocenters. The second kappa shape index (κ2) is 5.48. The van der Waals surface area contributed by atoms with Gasteiger partial charge >= 0.3 is 0 Å². The Hall–Kier alpha value is -3.06. The molecule has 0 saturated heterocycles. The number of aromatic hydroxyl groups is 1. The lowest BCUT2D eigenvalue weighted by Gasteiger charge is -2.32. The van der Waals surface area contributed by atoms with Crippen molar-refractivity contribution in [2.24, 2.45) is 0 Å². The van der Waals surface area contributed by atoms with E-state index in [1.165, 1.54) is 6.07 Å². The number of hydrogen-bond donors (Lipinski definition) is 2. The molecule has 3 heterocycles. The minimum Gasteiger partial charge on any atom is -0.505 e. The Labute approximate surface area is 158 Å². The second-order valence-corrected chi connectivity index (χ2v) is 7.44. The highest BCUT2D eigenvalue weighted by molar-refractivity contribution is 5.91. The summed E-state index contributed by atoms with van der Waals surface area (Å²) in [6, 6.07) is 5.91. The van der Waals surface area contributed by atoms with Gasteiger partial charge in [-0.05, 0) is 31.0 Å². The average molecular weight is 380 g/mol. The summed E-state index contributed by atoms with van der Waals surface area (Å²) in [4.78, 5) is 30.0. The van der Waals surface area contributed by atoms with Crippen LogP contribution >= 0.6 is 0 Å². The van der Waals surface area contributed by atoms with E-state index >= 15 is 0 Å². The van der Waals surface area contributed by atoms with Crippen LogP contribution in [0.4, 0.5) is 4.39 Å². The molecule has 0 amide bonds. The van der Waals surface area contributed by atoms with Crippen LogP contribution in [0.2, 0.25) is 0 Å². The maximum absolute atomic E-state index is 13.8. The van der Waals surface area contributed by atoms with Crippen molar-refractivity contribution in [3.05, 3.63) is 57.1 Å². The number of carbonyl (C=O) groups is 1. The molecule has 2 N–H and O–H groups in total. The standard InChI is InChI=1S/C21H17FN2O4/c1-2-21(28)13-7-16-19-11(5-10-6-17(25)14(22)8-15(10)23-19)9-24(16)20(27)12(13)3-4-18(21)26/h5-8,25,28H,2-4,9H2,1H3/t21-/m0/s1. The predicted octanol–water partition coefficient (Wildman–Crippen LogP) is 2.38. The Morgan fingerprint density at radius 3 is 2.75 bits per heavy atom. The molecule has 5 rings (SSSR count). The number of nitrogens with zero attached hydrogens (tertiary/aromatic N) is 2. The van der Waals surface area contributed by atoms with Crippen LogP contribution in [0.3, 0.4) is 0 Å². The molecular formula is C21H17FN2O4. The van der Waals surface area contributed by atoms with Crippen LogP contribution < -0.4 is 5.56 Å². The Bertz CT molecular complexity index is 1260. The third kappa shape index (κ3) is 2.08. The Morgan fingerprint density at radius 2 is 2.00 bits per heavy atom. The first-order valence-corrected chi connectivity index (χ1v) is 9.19. The Balaban J connectivity index is 1.80. The normalized spacial score (nSPS) is 20.2. The van der Waals surface area contributed by atoms with Crippen LogP contribution in [0.5, 0.6) is 5.75 Å². The molecule has 142 valence electrons. The number of aromatic nitrogens is 2. The summed E-state index contributed by atoms with van der Waals surface area (Å²) < 4.78 is 15.3. The number of aliphatic hydroxyl groups is 1. The molecule has 0 spiro atoms. The number of fused-ring (bicyclic) bond motifs is 5. The summed E-state index contributed by atoms with van der Waals surface area (Å²) in [5, 5.41) is 21.1. The lowest BCUT2D eigenvalue weighted by atomic mass is 9.77. The lowest BCUT2D eigenvalue weighted by Crippen LogP contribution is -2.43. The first-order chi connectivity index (χ1) is 13.3. The highest BCUT2D eigenvalue weighted by Crippen LogP contribution is 2.39. The van der Waals surface area contributed by atoms with Crippen LogP contribution in [0.25, 0.3) is 22.3 Å². The maximum atomic E-state index is 13.8. The van der Waals surface area contributed by atoms with E-state index in [4.69, 9.17) is 0 Å².